The lowest BCUT2D eigenvalue weighted by molar-refractivity contribution is -0.114. The van der Waals surface area contributed by atoms with Gasteiger partial charge in [0.1, 0.15) is 24.2 Å². The van der Waals surface area contributed by atoms with E-state index in [-0.39, 0.29) is 5.78 Å². The van der Waals surface area contributed by atoms with E-state index in [4.69, 9.17) is 4.74 Å². The molecule has 1 atom stereocenters. The first-order valence-corrected chi connectivity index (χ1v) is 12.9. The second-order valence-corrected chi connectivity index (χ2v) is 9.74. The van der Waals surface area contributed by atoms with Crippen LogP contribution in [0, 0.1) is 6.92 Å². The lowest BCUT2D eigenvalue weighted by atomic mass is 10.0. The molecule has 10 nitrogen and oxygen atoms in total. The molecule has 0 unspecified atom stereocenters. The van der Waals surface area contributed by atoms with Gasteiger partial charge in [0, 0.05) is 35.8 Å². The van der Waals surface area contributed by atoms with Crippen molar-refractivity contribution in [2.75, 3.05) is 18.9 Å². The maximum atomic E-state index is 12.7. The molecule has 5 aromatic rings. The molecule has 3 aromatic heterocycles. The number of ketones is 1. The summed E-state index contributed by atoms with van der Waals surface area (Å²) >= 11 is 0. The van der Waals surface area contributed by atoms with Crippen LogP contribution in [-0.2, 0) is 11.2 Å². The SMILES string of the molecule is Cc1cc(Nc2ncnc3ccc(CC(=O)/C=C/[C@H]4CCCN4C)cc23)ccc1Oc1ccn2ncnc2n1. The maximum Gasteiger partial charge on any atom is 0.255 e. The summed E-state index contributed by atoms with van der Waals surface area (Å²) in [6, 6.07) is 13.8. The molecule has 4 heterocycles. The van der Waals surface area contributed by atoms with Crippen LogP contribution in [0.5, 0.6) is 11.6 Å². The normalized spacial score (nSPS) is 15.9. The number of carbonyl (C=O) groups is 1. The third-order valence-corrected chi connectivity index (χ3v) is 6.93. The Balaban J connectivity index is 1.18. The van der Waals surface area contributed by atoms with Gasteiger partial charge in [0.15, 0.2) is 5.78 Å². The molecule has 1 aliphatic rings. The quantitative estimate of drug-likeness (QED) is 0.292. The first-order chi connectivity index (χ1) is 19.0. The van der Waals surface area contributed by atoms with Crippen LogP contribution >= 0.6 is 0 Å². The molecule has 2 aromatic carbocycles. The first-order valence-electron chi connectivity index (χ1n) is 12.9. The van der Waals surface area contributed by atoms with Crippen molar-refractivity contribution in [2.45, 2.75) is 32.2 Å². The Kier molecular flexibility index (Phi) is 6.68. The number of hydrogen-bond donors (Lipinski definition) is 1. The van der Waals surface area contributed by atoms with Crippen molar-refractivity contribution in [3.05, 3.63) is 84.6 Å². The monoisotopic (exact) mass is 520 g/mol. The van der Waals surface area contributed by atoms with Gasteiger partial charge in [-0.1, -0.05) is 12.1 Å². The molecule has 1 fully saturated rings. The van der Waals surface area contributed by atoms with E-state index in [2.05, 4.69) is 42.3 Å². The Hall–Kier alpha value is -4.70. The average molecular weight is 521 g/mol. The van der Waals surface area contributed by atoms with Gasteiger partial charge in [0.2, 0.25) is 5.88 Å². The summed E-state index contributed by atoms with van der Waals surface area (Å²) in [5.74, 6) is 2.35. The smallest absolute Gasteiger partial charge is 0.255 e. The van der Waals surface area contributed by atoms with Crippen LogP contribution in [0.3, 0.4) is 0 Å². The Morgan fingerprint density at radius 3 is 2.90 bits per heavy atom. The Morgan fingerprint density at radius 2 is 2.05 bits per heavy atom. The molecule has 6 rings (SSSR count). The van der Waals surface area contributed by atoms with E-state index in [1.54, 1.807) is 22.9 Å². The highest BCUT2D eigenvalue weighted by atomic mass is 16.5. The van der Waals surface area contributed by atoms with Crippen LogP contribution < -0.4 is 10.1 Å². The number of carbonyl (C=O) groups excluding carboxylic acids is 1. The van der Waals surface area contributed by atoms with Crippen LogP contribution in [0.4, 0.5) is 11.5 Å². The molecule has 1 N–H and O–H groups in total. The Bertz CT molecular complexity index is 1700. The van der Waals surface area contributed by atoms with Crippen molar-refractivity contribution in [3.63, 3.8) is 0 Å². The summed E-state index contributed by atoms with van der Waals surface area (Å²) in [4.78, 5) is 32.3. The number of nitrogens with one attached hydrogen (secondary N) is 1. The van der Waals surface area contributed by atoms with Crippen LogP contribution in [0.15, 0.2) is 73.5 Å². The van der Waals surface area contributed by atoms with E-state index in [0.29, 0.717) is 35.7 Å². The summed E-state index contributed by atoms with van der Waals surface area (Å²) in [6.45, 7) is 3.05. The van der Waals surface area contributed by atoms with Gasteiger partial charge in [0.25, 0.3) is 5.78 Å². The number of rotatable bonds is 8. The number of aryl methyl sites for hydroxylation is 1. The average Bonchev–Trinajstić information content (AvgIpc) is 3.57. The van der Waals surface area contributed by atoms with Crippen LogP contribution in [0.25, 0.3) is 16.7 Å². The lowest BCUT2D eigenvalue weighted by Gasteiger charge is -2.14. The summed E-state index contributed by atoms with van der Waals surface area (Å²) in [6.07, 6.45) is 11.1. The van der Waals surface area contributed by atoms with Gasteiger partial charge in [-0.15, -0.1) is 0 Å². The number of nitrogens with zero attached hydrogens (tertiary/aromatic N) is 7. The van der Waals surface area contributed by atoms with Gasteiger partial charge in [-0.3, -0.25) is 9.69 Å². The van der Waals surface area contributed by atoms with Crippen molar-refractivity contribution in [2.24, 2.45) is 0 Å². The fourth-order valence-corrected chi connectivity index (χ4v) is 4.82. The second kappa shape index (κ2) is 10.6. The minimum Gasteiger partial charge on any atom is -0.439 e. The molecular formula is C29H28N8O2. The number of likely N-dealkylation sites (tertiary alicyclic amines) is 1. The zero-order chi connectivity index (χ0) is 26.8. The summed E-state index contributed by atoms with van der Waals surface area (Å²) in [5.41, 5.74) is 3.50. The molecule has 0 aliphatic carbocycles. The zero-order valence-electron chi connectivity index (χ0n) is 21.8. The molecule has 10 heteroatoms. The van der Waals surface area contributed by atoms with E-state index in [1.807, 2.05) is 49.4 Å². The molecule has 196 valence electrons. The minimum absolute atomic E-state index is 0.0878. The predicted molar refractivity (Wildman–Crippen MR) is 148 cm³/mol. The highest BCUT2D eigenvalue weighted by Crippen LogP contribution is 2.29. The third-order valence-electron chi connectivity index (χ3n) is 6.93. The summed E-state index contributed by atoms with van der Waals surface area (Å²) < 4.78 is 7.56. The van der Waals surface area contributed by atoms with Crippen molar-refractivity contribution >= 4 is 34.0 Å². The molecule has 39 heavy (non-hydrogen) atoms. The molecular weight excluding hydrogens is 492 g/mol. The Labute approximate surface area is 225 Å². The topological polar surface area (TPSA) is 110 Å². The number of benzene rings is 2. The fourth-order valence-electron chi connectivity index (χ4n) is 4.82. The lowest BCUT2D eigenvalue weighted by Crippen LogP contribution is -2.22. The standard InChI is InChI=1S/C29H28N8O2/c1-19-14-21(6-10-26(19)39-27-11-13-37-29(35-27)32-18-33-37)34-28-24-16-20(5-9-25(24)30-17-31-28)15-23(38)8-7-22-4-3-12-36(22)2/h5-11,13-14,16-18,22H,3-4,12,15H2,1-2H3,(H,30,31,34)/b8-7+/t22-/m1/s1. The number of allylic oxidation sites excluding steroid dienone is 1. The highest BCUT2D eigenvalue weighted by Gasteiger charge is 2.18. The van der Waals surface area contributed by atoms with E-state index in [9.17, 15) is 4.79 Å². The van der Waals surface area contributed by atoms with E-state index >= 15 is 0 Å². The predicted octanol–water partition coefficient (Wildman–Crippen LogP) is 4.67. The molecule has 0 radical (unpaired) electrons. The molecule has 1 saturated heterocycles. The molecule has 0 saturated carbocycles. The van der Waals surface area contributed by atoms with Gasteiger partial charge >= 0.3 is 0 Å². The van der Waals surface area contributed by atoms with Gasteiger partial charge < -0.3 is 10.1 Å². The maximum absolute atomic E-state index is 12.7. The first kappa shape index (κ1) is 24.6. The molecule has 0 spiro atoms. The second-order valence-electron chi connectivity index (χ2n) is 9.74. The fraction of sp³-hybridized carbons (Fsp3) is 0.241. The number of likely N-dealkylation sites (N-methyl/N-ethyl adjacent to an activating group) is 1. The third kappa shape index (κ3) is 5.46. The van der Waals surface area contributed by atoms with Crippen LogP contribution in [0.1, 0.15) is 24.0 Å². The number of anilines is 2. The van der Waals surface area contributed by atoms with Crippen molar-refractivity contribution < 1.29 is 9.53 Å². The van der Waals surface area contributed by atoms with Crippen LogP contribution in [-0.4, -0.2) is 59.9 Å². The number of hydrogen-bond acceptors (Lipinski definition) is 9. The van der Waals surface area contributed by atoms with Crippen molar-refractivity contribution in [3.8, 4) is 11.6 Å². The van der Waals surface area contributed by atoms with E-state index < -0.39 is 0 Å². The summed E-state index contributed by atoms with van der Waals surface area (Å²) in [7, 11) is 2.10. The van der Waals surface area contributed by atoms with Crippen molar-refractivity contribution in [1.82, 2.24) is 34.4 Å². The molecule has 0 amide bonds. The number of fused-ring (bicyclic) bond motifs is 2. The number of aromatic nitrogens is 6. The van der Waals surface area contributed by atoms with Crippen molar-refractivity contribution in [1.29, 1.82) is 0 Å². The molecule has 0 bridgehead atoms. The summed E-state index contributed by atoms with van der Waals surface area (Å²) in [5, 5.41) is 8.30. The van der Waals surface area contributed by atoms with Gasteiger partial charge in [-0.2, -0.15) is 15.1 Å². The van der Waals surface area contributed by atoms with Gasteiger partial charge in [-0.25, -0.2) is 14.5 Å². The van der Waals surface area contributed by atoms with Gasteiger partial charge in [-0.05, 0) is 80.9 Å². The van der Waals surface area contributed by atoms with E-state index in [1.165, 1.54) is 19.1 Å². The molecule has 1 aliphatic heterocycles. The minimum atomic E-state index is 0.0878. The largest absolute Gasteiger partial charge is 0.439 e. The van der Waals surface area contributed by atoms with E-state index in [0.717, 1.165) is 40.7 Å². The highest BCUT2D eigenvalue weighted by molar-refractivity contribution is 5.94. The van der Waals surface area contributed by atoms with Gasteiger partial charge in [0.05, 0.1) is 5.52 Å². The number of ether oxygens (including phenoxy) is 1. The van der Waals surface area contributed by atoms with Crippen LogP contribution in [0.2, 0.25) is 0 Å². The zero-order valence-corrected chi connectivity index (χ0v) is 21.8. The Morgan fingerprint density at radius 1 is 1.13 bits per heavy atom.